The Morgan fingerprint density at radius 2 is 2.12 bits per heavy atom. The number of hydrogen-bond donors (Lipinski definition) is 3. The molecule has 2 fully saturated rings. The molecule has 0 aromatic carbocycles. The molecular weight excluding hydrogens is 204 g/mol. The van der Waals surface area contributed by atoms with Crippen LogP contribution >= 0.6 is 0 Å². The maximum Gasteiger partial charge on any atom is 0.224 e. The molecule has 1 aliphatic carbocycles. The molecule has 2 aliphatic rings. The van der Waals surface area contributed by atoms with Gasteiger partial charge in [-0.2, -0.15) is 0 Å². The predicted octanol–water partition coefficient (Wildman–Crippen LogP) is 0.263. The summed E-state index contributed by atoms with van der Waals surface area (Å²) in [5, 5.41) is 16.2. The molecule has 0 spiro atoms. The zero-order valence-electron chi connectivity index (χ0n) is 9.96. The third kappa shape index (κ3) is 2.55. The lowest BCUT2D eigenvalue weighted by Crippen LogP contribution is -2.44. The molecule has 0 radical (unpaired) electrons. The van der Waals surface area contributed by atoms with Crippen molar-refractivity contribution in [1.29, 1.82) is 0 Å². The second kappa shape index (κ2) is 4.72. The number of amides is 1. The molecule has 2 atom stereocenters. The Balaban J connectivity index is 1.79. The van der Waals surface area contributed by atoms with E-state index in [1.54, 1.807) is 0 Å². The standard InChI is InChI=1S/C12H22N2O2/c1-9-6-13-7-10(9)11(15)14-8-12(16)4-2-3-5-12/h9-10,13,16H,2-8H2,1H3,(H,14,15). The first-order valence-corrected chi connectivity index (χ1v) is 6.31. The summed E-state index contributed by atoms with van der Waals surface area (Å²) in [6.07, 6.45) is 3.80. The van der Waals surface area contributed by atoms with Crippen molar-refractivity contribution in [2.75, 3.05) is 19.6 Å². The van der Waals surface area contributed by atoms with Crippen LogP contribution in [0.15, 0.2) is 0 Å². The SMILES string of the molecule is CC1CNCC1C(=O)NCC1(O)CCCC1. The van der Waals surface area contributed by atoms with E-state index in [0.29, 0.717) is 12.5 Å². The number of carbonyl (C=O) groups is 1. The van der Waals surface area contributed by atoms with Gasteiger partial charge in [-0.15, -0.1) is 0 Å². The van der Waals surface area contributed by atoms with Crippen molar-refractivity contribution in [3.8, 4) is 0 Å². The number of nitrogens with one attached hydrogen (secondary N) is 2. The third-order valence-electron chi connectivity index (χ3n) is 3.98. The van der Waals surface area contributed by atoms with E-state index < -0.39 is 5.60 Å². The molecule has 2 unspecified atom stereocenters. The summed E-state index contributed by atoms with van der Waals surface area (Å²) in [6.45, 7) is 4.21. The topological polar surface area (TPSA) is 61.4 Å². The average molecular weight is 226 g/mol. The summed E-state index contributed by atoms with van der Waals surface area (Å²) < 4.78 is 0. The van der Waals surface area contributed by atoms with Crippen molar-refractivity contribution in [2.45, 2.75) is 38.2 Å². The lowest BCUT2D eigenvalue weighted by atomic mass is 9.96. The van der Waals surface area contributed by atoms with Crippen LogP contribution in [0.4, 0.5) is 0 Å². The summed E-state index contributed by atoms with van der Waals surface area (Å²) in [7, 11) is 0. The van der Waals surface area contributed by atoms with Gasteiger partial charge in [0, 0.05) is 13.1 Å². The van der Waals surface area contributed by atoms with Crippen molar-refractivity contribution in [3.63, 3.8) is 0 Å². The molecule has 1 amide bonds. The van der Waals surface area contributed by atoms with Crippen LogP contribution in [0.5, 0.6) is 0 Å². The van der Waals surface area contributed by atoms with Crippen LogP contribution in [0.3, 0.4) is 0 Å². The van der Waals surface area contributed by atoms with Gasteiger partial charge in [-0.3, -0.25) is 4.79 Å². The van der Waals surface area contributed by atoms with Crippen LogP contribution in [0.2, 0.25) is 0 Å². The Morgan fingerprint density at radius 3 is 2.69 bits per heavy atom. The van der Waals surface area contributed by atoms with E-state index in [-0.39, 0.29) is 11.8 Å². The first-order valence-electron chi connectivity index (χ1n) is 6.31. The lowest BCUT2D eigenvalue weighted by Gasteiger charge is -2.24. The zero-order valence-corrected chi connectivity index (χ0v) is 9.96. The molecule has 1 saturated carbocycles. The zero-order chi connectivity index (χ0) is 11.6. The van der Waals surface area contributed by atoms with Gasteiger partial charge >= 0.3 is 0 Å². The maximum absolute atomic E-state index is 11.9. The Kier molecular flexibility index (Phi) is 3.50. The van der Waals surface area contributed by atoms with Crippen LogP contribution < -0.4 is 10.6 Å². The Labute approximate surface area is 96.8 Å². The fourth-order valence-corrected chi connectivity index (χ4v) is 2.75. The minimum atomic E-state index is -0.634. The summed E-state index contributed by atoms with van der Waals surface area (Å²) in [5.41, 5.74) is -0.634. The van der Waals surface area contributed by atoms with Crippen molar-refractivity contribution in [3.05, 3.63) is 0 Å². The molecule has 2 rings (SSSR count). The Bertz CT molecular complexity index is 262. The van der Waals surface area contributed by atoms with E-state index in [1.807, 2.05) is 0 Å². The Morgan fingerprint density at radius 1 is 1.44 bits per heavy atom. The third-order valence-corrected chi connectivity index (χ3v) is 3.98. The lowest BCUT2D eigenvalue weighted by molar-refractivity contribution is -0.126. The van der Waals surface area contributed by atoms with Gasteiger partial charge in [0.1, 0.15) is 0 Å². The molecule has 1 saturated heterocycles. The molecule has 1 aliphatic heterocycles. The number of aliphatic hydroxyl groups is 1. The normalized spacial score (nSPS) is 32.9. The fraction of sp³-hybridized carbons (Fsp3) is 0.917. The minimum Gasteiger partial charge on any atom is -0.388 e. The van der Waals surface area contributed by atoms with E-state index in [4.69, 9.17) is 0 Å². The van der Waals surface area contributed by atoms with E-state index in [9.17, 15) is 9.90 Å². The van der Waals surface area contributed by atoms with E-state index >= 15 is 0 Å². The second-order valence-electron chi connectivity index (χ2n) is 5.39. The van der Waals surface area contributed by atoms with Crippen LogP contribution in [-0.4, -0.2) is 36.2 Å². The van der Waals surface area contributed by atoms with Crippen LogP contribution in [0.1, 0.15) is 32.6 Å². The highest BCUT2D eigenvalue weighted by molar-refractivity contribution is 5.79. The summed E-state index contributed by atoms with van der Waals surface area (Å²) >= 11 is 0. The van der Waals surface area contributed by atoms with Crippen molar-refractivity contribution < 1.29 is 9.90 Å². The number of hydrogen-bond acceptors (Lipinski definition) is 3. The van der Waals surface area contributed by atoms with Crippen molar-refractivity contribution >= 4 is 5.91 Å². The molecule has 0 bridgehead atoms. The largest absolute Gasteiger partial charge is 0.388 e. The highest BCUT2D eigenvalue weighted by atomic mass is 16.3. The first-order chi connectivity index (χ1) is 7.61. The highest BCUT2D eigenvalue weighted by Crippen LogP contribution is 2.28. The maximum atomic E-state index is 11.9. The van der Waals surface area contributed by atoms with Crippen molar-refractivity contribution in [2.24, 2.45) is 11.8 Å². The van der Waals surface area contributed by atoms with Gasteiger partial charge in [-0.25, -0.2) is 0 Å². The minimum absolute atomic E-state index is 0.0741. The molecule has 4 heteroatoms. The average Bonchev–Trinajstić information content (AvgIpc) is 2.85. The highest BCUT2D eigenvalue weighted by Gasteiger charge is 2.34. The predicted molar refractivity (Wildman–Crippen MR) is 62.0 cm³/mol. The summed E-state index contributed by atoms with van der Waals surface area (Å²) in [5.74, 6) is 0.570. The number of carbonyl (C=O) groups excluding carboxylic acids is 1. The summed E-state index contributed by atoms with van der Waals surface area (Å²) in [6, 6.07) is 0. The quantitative estimate of drug-likeness (QED) is 0.647. The molecule has 16 heavy (non-hydrogen) atoms. The number of rotatable bonds is 3. The Hall–Kier alpha value is -0.610. The molecule has 0 aromatic rings. The van der Waals surface area contributed by atoms with Gasteiger partial charge in [0.05, 0.1) is 11.5 Å². The molecular formula is C12H22N2O2. The molecule has 1 heterocycles. The van der Waals surface area contributed by atoms with E-state index in [0.717, 1.165) is 38.8 Å². The van der Waals surface area contributed by atoms with Crippen LogP contribution in [-0.2, 0) is 4.79 Å². The molecule has 3 N–H and O–H groups in total. The van der Waals surface area contributed by atoms with Gasteiger partial charge in [0.15, 0.2) is 0 Å². The smallest absolute Gasteiger partial charge is 0.224 e. The van der Waals surface area contributed by atoms with Crippen molar-refractivity contribution in [1.82, 2.24) is 10.6 Å². The van der Waals surface area contributed by atoms with Crippen LogP contribution in [0, 0.1) is 11.8 Å². The van der Waals surface area contributed by atoms with E-state index in [1.165, 1.54) is 0 Å². The second-order valence-corrected chi connectivity index (χ2v) is 5.39. The molecule has 0 aromatic heterocycles. The van der Waals surface area contributed by atoms with Gasteiger partial charge < -0.3 is 15.7 Å². The molecule has 92 valence electrons. The van der Waals surface area contributed by atoms with Crippen LogP contribution in [0.25, 0.3) is 0 Å². The van der Waals surface area contributed by atoms with Gasteiger partial charge in [0.2, 0.25) is 5.91 Å². The monoisotopic (exact) mass is 226 g/mol. The van der Waals surface area contributed by atoms with E-state index in [2.05, 4.69) is 17.6 Å². The molecule has 4 nitrogen and oxygen atoms in total. The first kappa shape index (κ1) is 11.9. The van der Waals surface area contributed by atoms with Gasteiger partial charge in [0.25, 0.3) is 0 Å². The van der Waals surface area contributed by atoms with Gasteiger partial charge in [-0.05, 0) is 25.3 Å². The summed E-state index contributed by atoms with van der Waals surface area (Å²) in [4.78, 5) is 11.9. The van der Waals surface area contributed by atoms with Gasteiger partial charge in [-0.1, -0.05) is 19.8 Å². The fourth-order valence-electron chi connectivity index (χ4n) is 2.75.